The predicted octanol–water partition coefficient (Wildman–Crippen LogP) is 3.57. The number of nitrogens with zero attached hydrogens (tertiary/aromatic N) is 1. The van der Waals surface area contributed by atoms with Gasteiger partial charge in [-0.1, -0.05) is 18.2 Å². The first-order chi connectivity index (χ1) is 9.90. The van der Waals surface area contributed by atoms with Gasteiger partial charge in [0.25, 0.3) is 0 Å². The predicted molar refractivity (Wildman–Crippen MR) is 74.1 cm³/mol. The van der Waals surface area contributed by atoms with Crippen molar-refractivity contribution in [2.45, 2.75) is 12.8 Å². The molecule has 0 saturated heterocycles. The number of aromatic nitrogens is 1. The first kappa shape index (κ1) is 15.1. The Bertz CT molecular complexity index is 629. The molecule has 0 fully saturated rings. The zero-order valence-corrected chi connectivity index (χ0v) is 11.2. The number of hydrogen-bond donors (Lipinski definition) is 2. The van der Waals surface area contributed by atoms with Gasteiger partial charge in [0, 0.05) is 18.4 Å². The van der Waals surface area contributed by atoms with E-state index in [1.165, 1.54) is 7.11 Å². The third kappa shape index (κ3) is 3.85. The Hall–Kier alpha value is -2.28. The first-order valence-electron chi connectivity index (χ1n) is 6.09. The van der Waals surface area contributed by atoms with Crippen molar-refractivity contribution < 1.29 is 17.9 Å². The summed E-state index contributed by atoms with van der Waals surface area (Å²) in [6.45, 7) is 0.331. The number of para-hydroxylation sites is 1. The van der Waals surface area contributed by atoms with E-state index in [-0.39, 0.29) is 11.6 Å². The Kier molecular flexibility index (Phi) is 4.32. The molecule has 3 N–H and O–H groups in total. The lowest BCUT2D eigenvalue weighted by atomic mass is 10.2. The zero-order valence-electron chi connectivity index (χ0n) is 11.2. The van der Waals surface area contributed by atoms with E-state index in [0.29, 0.717) is 12.3 Å². The van der Waals surface area contributed by atoms with Crippen LogP contribution in [0.15, 0.2) is 36.4 Å². The van der Waals surface area contributed by atoms with E-state index in [0.717, 1.165) is 17.7 Å². The highest BCUT2D eigenvalue weighted by Gasteiger charge is 2.31. The minimum atomic E-state index is -4.47. The number of pyridine rings is 1. The molecule has 1 aromatic carbocycles. The Labute approximate surface area is 119 Å². The van der Waals surface area contributed by atoms with Crippen LogP contribution in [0.2, 0.25) is 0 Å². The second-order valence-corrected chi connectivity index (χ2v) is 4.38. The average Bonchev–Trinajstić information content (AvgIpc) is 2.40. The van der Waals surface area contributed by atoms with Crippen LogP contribution in [0.1, 0.15) is 11.1 Å². The van der Waals surface area contributed by atoms with Gasteiger partial charge in [0.05, 0.1) is 12.2 Å². The fourth-order valence-corrected chi connectivity index (χ4v) is 1.84. The topological polar surface area (TPSA) is 60.2 Å². The molecule has 0 radical (unpaired) electrons. The summed E-state index contributed by atoms with van der Waals surface area (Å²) < 4.78 is 43.3. The molecule has 2 rings (SSSR count). The molecule has 4 nitrogen and oxygen atoms in total. The summed E-state index contributed by atoms with van der Waals surface area (Å²) >= 11 is 0. The third-order valence-corrected chi connectivity index (χ3v) is 2.75. The fourth-order valence-electron chi connectivity index (χ4n) is 1.84. The van der Waals surface area contributed by atoms with Gasteiger partial charge in [0.2, 0.25) is 0 Å². The molecule has 0 spiro atoms. The van der Waals surface area contributed by atoms with Gasteiger partial charge in [0.1, 0.15) is 11.6 Å². The summed E-state index contributed by atoms with van der Waals surface area (Å²) in [5.74, 6) is -0.164. The van der Waals surface area contributed by atoms with Crippen LogP contribution in [0.4, 0.5) is 30.5 Å². The Morgan fingerprint density at radius 3 is 2.62 bits per heavy atom. The highest BCUT2D eigenvalue weighted by molar-refractivity contribution is 5.62. The highest BCUT2D eigenvalue weighted by Crippen LogP contribution is 2.32. The molecule has 112 valence electrons. The number of anilines is 3. The Balaban J connectivity index is 2.34. The summed E-state index contributed by atoms with van der Waals surface area (Å²) in [5.41, 5.74) is 6.00. The first-order valence-corrected chi connectivity index (χ1v) is 6.09. The van der Waals surface area contributed by atoms with Gasteiger partial charge >= 0.3 is 6.18 Å². The van der Waals surface area contributed by atoms with E-state index in [1.54, 1.807) is 12.1 Å². The highest BCUT2D eigenvalue weighted by atomic mass is 19.4. The molecule has 0 unspecified atom stereocenters. The molecule has 0 saturated carbocycles. The number of nitrogen functional groups attached to an aromatic ring is 1. The lowest BCUT2D eigenvalue weighted by molar-refractivity contribution is -0.137. The monoisotopic (exact) mass is 297 g/mol. The molecule has 2 aromatic rings. The van der Waals surface area contributed by atoms with Crippen LogP contribution >= 0.6 is 0 Å². The van der Waals surface area contributed by atoms with Gasteiger partial charge in [-0.3, -0.25) is 0 Å². The van der Waals surface area contributed by atoms with Gasteiger partial charge < -0.3 is 15.8 Å². The van der Waals surface area contributed by atoms with Gasteiger partial charge in [-0.05, 0) is 18.2 Å². The van der Waals surface area contributed by atoms with E-state index in [2.05, 4.69) is 10.3 Å². The van der Waals surface area contributed by atoms with Gasteiger partial charge in [-0.2, -0.15) is 13.2 Å². The van der Waals surface area contributed by atoms with Crippen LogP contribution in [0.25, 0.3) is 0 Å². The molecule has 0 aliphatic rings. The lowest BCUT2D eigenvalue weighted by Gasteiger charge is -2.13. The summed E-state index contributed by atoms with van der Waals surface area (Å²) in [6, 6.07) is 8.83. The van der Waals surface area contributed by atoms with Gasteiger partial charge in [-0.25, -0.2) is 4.98 Å². The maximum absolute atomic E-state index is 12.8. The van der Waals surface area contributed by atoms with Crippen molar-refractivity contribution in [3.63, 3.8) is 0 Å². The largest absolute Gasteiger partial charge is 0.416 e. The second kappa shape index (κ2) is 6.01. The van der Waals surface area contributed by atoms with E-state index in [1.807, 2.05) is 12.1 Å². The van der Waals surface area contributed by atoms with Crippen molar-refractivity contribution in [3.8, 4) is 0 Å². The number of nitrogens with two attached hydrogens (primary N) is 1. The summed E-state index contributed by atoms with van der Waals surface area (Å²) in [6.07, 6.45) is -4.47. The normalized spacial score (nSPS) is 11.4. The molecule has 0 aliphatic heterocycles. The smallest absolute Gasteiger partial charge is 0.384 e. The standard InChI is InChI=1S/C14H14F3N3O/c1-21-8-9-4-2-3-5-11(9)19-13-7-10(14(15,16)17)6-12(18)20-13/h2-7H,8H2,1H3,(H3,18,19,20). The number of alkyl halides is 3. The molecular weight excluding hydrogens is 283 g/mol. The van der Waals surface area contributed by atoms with Crippen molar-refractivity contribution in [3.05, 3.63) is 47.5 Å². The number of nitrogens with one attached hydrogen (secondary N) is 1. The number of ether oxygens (including phenoxy) is 1. The summed E-state index contributed by atoms with van der Waals surface area (Å²) in [7, 11) is 1.54. The van der Waals surface area contributed by atoms with Crippen molar-refractivity contribution in [2.75, 3.05) is 18.2 Å². The lowest BCUT2D eigenvalue weighted by Crippen LogP contribution is -2.08. The third-order valence-electron chi connectivity index (χ3n) is 2.75. The molecule has 0 bridgehead atoms. The maximum atomic E-state index is 12.8. The number of rotatable bonds is 4. The van der Waals surface area contributed by atoms with Crippen molar-refractivity contribution in [2.24, 2.45) is 0 Å². The zero-order chi connectivity index (χ0) is 15.5. The van der Waals surface area contributed by atoms with E-state index in [9.17, 15) is 13.2 Å². The van der Waals surface area contributed by atoms with Crippen LogP contribution in [0, 0.1) is 0 Å². The van der Waals surface area contributed by atoms with E-state index >= 15 is 0 Å². The maximum Gasteiger partial charge on any atom is 0.416 e. The van der Waals surface area contributed by atoms with Crippen LogP contribution in [-0.2, 0) is 17.5 Å². The number of methoxy groups -OCH3 is 1. The summed E-state index contributed by atoms with van der Waals surface area (Å²) in [5, 5.41) is 2.84. The average molecular weight is 297 g/mol. The van der Waals surface area contributed by atoms with Crippen LogP contribution in [0.5, 0.6) is 0 Å². The van der Waals surface area contributed by atoms with Crippen molar-refractivity contribution in [1.82, 2.24) is 4.98 Å². The molecule has 1 aromatic heterocycles. The van der Waals surface area contributed by atoms with E-state index < -0.39 is 11.7 Å². The molecule has 0 aliphatic carbocycles. The van der Waals surface area contributed by atoms with Crippen LogP contribution in [0.3, 0.4) is 0 Å². The fraction of sp³-hybridized carbons (Fsp3) is 0.214. The molecule has 21 heavy (non-hydrogen) atoms. The molecule has 0 atom stereocenters. The second-order valence-electron chi connectivity index (χ2n) is 4.38. The minimum absolute atomic E-state index is 0.0332. The minimum Gasteiger partial charge on any atom is -0.384 e. The van der Waals surface area contributed by atoms with Crippen molar-refractivity contribution in [1.29, 1.82) is 0 Å². The van der Waals surface area contributed by atoms with E-state index in [4.69, 9.17) is 10.5 Å². The number of halogens is 3. The Morgan fingerprint density at radius 1 is 1.24 bits per heavy atom. The van der Waals surface area contributed by atoms with Crippen LogP contribution < -0.4 is 11.1 Å². The molecular formula is C14H14F3N3O. The number of hydrogen-bond acceptors (Lipinski definition) is 4. The molecule has 1 heterocycles. The quantitative estimate of drug-likeness (QED) is 0.905. The van der Waals surface area contributed by atoms with Crippen LogP contribution in [-0.4, -0.2) is 12.1 Å². The van der Waals surface area contributed by atoms with Gasteiger partial charge in [0.15, 0.2) is 0 Å². The SMILES string of the molecule is COCc1ccccc1Nc1cc(C(F)(F)F)cc(N)n1. The molecule has 0 amide bonds. The summed E-state index contributed by atoms with van der Waals surface area (Å²) in [4.78, 5) is 3.87. The number of benzene rings is 1. The Morgan fingerprint density at radius 2 is 1.95 bits per heavy atom. The van der Waals surface area contributed by atoms with Gasteiger partial charge in [-0.15, -0.1) is 0 Å². The molecule has 7 heteroatoms. The van der Waals surface area contributed by atoms with Crippen molar-refractivity contribution >= 4 is 17.3 Å².